The highest BCUT2D eigenvalue weighted by molar-refractivity contribution is 5.97. The molecular formula is C18H16N2O. The zero-order chi connectivity index (χ0) is 14.2. The molecule has 1 N–H and O–H groups in total. The number of fused-ring (bicyclic) bond motifs is 2. The predicted molar refractivity (Wildman–Crippen MR) is 84.5 cm³/mol. The third-order valence-corrected chi connectivity index (χ3v) is 4.12. The van der Waals surface area contributed by atoms with E-state index in [1.165, 1.54) is 5.56 Å². The Hall–Kier alpha value is -2.55. The zero-order valence-electron chi connectivity index (χ0n) is 11.7. The number of carbonyl (C=O) groups excluding carboxylic acids is 1. The van der Waals surface area contributed by atoms with Crippen molar-refractivity contribution in [3.8, 4) is 0 Å². The van der Waals surface area contributed by atoms with Gasteiger partial charge in [-0.2, -0.15) is 0 Å². The van der Waals surface area contributed by atoms with Gasteiger partial charge in [0.25, 0.3) is 0 Å². The van der Waals surface area contributed by atoms with Crippen molar-refractivity contribution in [2.45, 2.75) is 12.8 Å². The molecule has 0 aliphatic carbocycles. The van der Waals surface area contributed by atoms with Crippen LogP contribution in [0.3, 0.4) is 0 Å². The number of H-pyrrole nitrogens is 1. The second-order valence-corrected chi connectivity index (χ2v) is 5.48. The Balaban J connectivity index is 1.59. The molecule has 1 aliphatic heterocycles. The standard InChI is InChI=1S/C18H16N2O/c21-18(20-10-9-13-5-2-4-8-17(13)20)12-15-11-14-6-1-3-7-16(14)19-15/h1-8,11,19H,9-10,12H2. The molecule has 0 saturated heterocycles. The van der Waals surface area contributed by atoms with Gasteiger partial charge in [-0.3, -0.25) is 4.79 Å². The number of anilines is 1. The molecule has 1 amide bonds. The summed E-state index contributed by atoms with van der Waals surface area (Å²) in [4.78, 5) is 17.8. The lowest BCUT2D eigenvalue weighted by Gasteiger charge is -2.16. The van der Waals surface area contributed by atoms with E-state index in [1.807, 2.05) is 41.3 Å². The summed E-state index contributed by atoms with van der Waals surface area (Å²) >= 11 is 0. The smallest absolute Gasteiger partial charge is 0.232 e. The van der Waals surface area contributed by atoms with Crippen molar-refractivity contribution in [1.29, 1.82) is 0 Å². The minimum atomic E-state index is 0.159. The first-order chi connectivity index (χ1) is 10.3. The van der Waals surface area contributed by atoms with Gasteiger partial charge in [0.15, 0.2) is 0 Å². The number of carbonyl (C=O) groups is 1. The summed E-state index contributed by atoms with van der Waals surface area (Å²) in [7, 11) is 0. The summed E-state index contributed by atoms with van der Waals surface area (Å²) in [6.45, 7) is 0.790. The molecule has 0 saturated carbocycles. The van der Waals surface area contributed by atoms with E-state index in [2.05, 4.69) is 23.2 Å². The van der Waals surface area contributed by atoms with Crippen molar-refractivity contribution >= 4 is 22.5 Å². The van der Waals surface area contributed by atoms with E-state index in [9.17, 15) is 4.79 Å². The van der Waals surface area contributed by atoms with Crippen LogP contribution in [0.1, 0.15) is 11.3 Å². The van der Waals surface area contributed by atoms with Crippen LogP contribution in [0.5, 0.6) is 0 Å². The van der Waals surface area contributed by atoms with Crippen molar-refractivity contribution in [3.05, 3.63) is 65.9 Å². The van der Waals surface area contributed by atoms with Crippen molar-refractivity contribution < 1.29 is 4.79 Å². The Kier molecular flexibility index (Phi) is 2.78. The highest BCUT2D eigenvalue weighted by Gasteiger charge is 2.24. The van der Waals surface area contributed by atoms with Crippen LogP contribution in [-0.4, -0.2) is 17.4 Å². The molecule has 1 aliphatic rings. The first-order valence-corrected chi connectivity index (χ1v) is 7.26. The fourth-order valence-electron chi connectivity index (χ4n) is 3.08. The van der Waals surface area contributed by atoms with Crippen LogP contribution in [-0.2, 0) is 17.6 Å². The van der Waals surface area contributed by atoms with Gasteiger partial charge in [-0.25, -0.2) is 0 Å². The lowest BCUT2D eigenvalue weighted by molar-refractivity contribution is -0.117. The molecule has 4 rings (SSSR count). The van der Waals surface area contributed by atoms with Crippen molar-refractivity contribution in [1.82, 2.24) is 4.98 Å². The second-order valence-electron chi connectivity index (χ2n) is 5.48. The van der Waals surface area contributed by atoms with E-state index < -0.39 is 0 Å². The van der Waals surface area contributed by atoms with Gasteiger partial charge in [-0.15, -0.1) is 0 Å². The molecule has 0 bridgehead atoms. The molecule has 0 fully saturated rings. The number of para-hydroxylation sites is 2. The number of nitrogens with one attached hydrogen (secondary N) is 1. The average molecular weight is 276 g/mol. The molecule has 0 spiro atoms. The van der Waals surface area contributed by atoms with E-state index in [0.717, 1.165) is 35.2 Å². The van der Waals surface area contributed by atoms with Crippen LogP contribution in [0.25, 0.3) is 10.9 Å². The number of hydrogen-bond acceptors (Lipinski definition) is 1. The van der Waals surface area contributed by atoms with Crippen LogP contribution < -0.4 is 4.90 Å². The maximum Gasteiger partial charge on any atom is 0.232 e. The van der Waals surface area contributed by atoms with Crippen LogP contribution in [0.4, 0.5) is 5.69 Å². The Morgan fingerprint density at radius 1 is 1.10 bits per heavy atom. The number of benzene rings is 2. The third kappa shape index (κ3) is 2.11. The van der Waals surface area contributed by atoms with Crippen LogP contribution in [0.2, 0.25) is 0 Å². The summed E-state index contributed by atoms with van der Waals surface area (Å²) in [5, 5.41) is 1.15. The minimum absolute atomic E-state index is 0.159. The molecular weight excluding hydrogens is 260 g/mol. The normalized spacial score (nSPS) is 13.6. The molecule has 21 heavy (non-hydrogen) atoms. The van der Waals surface area contributed by atoms with E-state index in [-0.39, 0.29) is 5.91 Å². The van der Waals surface area contributed by atoms with Crippen molar-refractivity contribution in [3.63, 3.8) is 0 Å². The van der Waals surface area contributed by atoms with Gasteiger partial charge in [0, 0.05) is 23.4 Å². The zero-order valence-corrected chi connectivity index (χ0v) is 11.7. The van der Waals surface area contributed by atoms with E-state index in [1.54, 1.807) is 0 Å². The molecule has 0 radical (unpaired) electrons. The molecule has 3 nitrogen and oxygen atoms in total. The summed E-state index contributed by atoms with van der Waals surface area (Å²) in [5.41, 5.74) is 4.40. The number of hydrogen-bond donors (Lipinski definition) is 1. The number of aromatic nitrogens is 1. The maximum absolute atomic E-state index is 12.6. The van der Waals surface area contributed by atoms with Crippen LogP contribution >= 0.6 is 0 Å². The van der Waals surface area contributed by atoms with Gasteiger partial charge in [-0.05, 0) is 35.6 Å². The first-order valence-electron chi connectivity index (χ1n) is 7.26. The van der Waals surface area contributed by atoms with Crippen LogP contribution in [0, 0.1) is 0 Å². The molecule has 2 aromatic carbocycles. The molecule has 2 heterocycles. The molecule has 0 atom stereocenters. The number of rotatable bonds is 2. The third-order valence-electron chi connectivity index (χ3n) is 4.12. The fraction of sp³-hybridized carbons (Fsp3) is 0.167. The van der Waals surface area contributed by atoms with E-state index in [4.69, 9.17) is 0 Å². The quantitative estimate of drug-likeness (QED) is 0.766. The van der Waals surface area contributed by atoms with Gasteiger partial charge in [0.05, 0.1) is 6.42 Å². The summed E-state index contributed by atoms with van der Waals surface area (Å²) in [6, 6.07) is 18.3. The molecule has 1 aromatic heterocycles. The molecule has 104 valence electrons. The predicted octanol–water partition coefficient (Wildman–Crippen LogP) is 3.30. The van der Waals surface area contributed by atoms with E-state index in [0.29, 0.717) is 6.42 Å². The van der Waals surface area contributed by atoms with Gasteiger partial charge in [0.1, 0.15) is 0 Å². The molecule has 0 unspecified atom stereocenters. The minimum Gasteiger partial charge on any atom is -0.358 e. The van der Waals surface area contributed by atoms with Gasteiger partial charge < -0.3 is 9.88 Å². The van der Waals surface area contributed by atoms with Gasteiger partial charge in [0.2, 0.25) is 5.91 Å². The molecule has 3 aromatic rings. The van der Waals surface area contributed by atoms with Crippen molar-refractivity contribution in [2.75, 3.05) is 11.4 Å². The monoisotopic (exact) mass is 276 g/mol. The summed E-state index contributed by atoms with van der Waals surface area (Å²) in [6.07, 6.45) is 1.37. The number of aromatic amines is 1. The Morgan fingerprint density at radius 3 is 2.81 bits per heavy atom. The van der Waals surface area contributed by atoms with E-state index >= 15 is 0 Å². The molecule has 3 heteroatoms. The number of nitrogens with zero attached hydrogens (tertiary/aromatic N) is 1. The lowest BCUT2D eigenvalue weighted by Crippen LogP contribution is -2.30. The fourth-order valence-corrected chi connectivity index (χ4v) is 3.08. The Morgan fingerprint density at radius 2 is 1.90 bits per heavy atom. The SMILES string of the molecule is O=C(Cc1cc2ccccc2[nH]1)N1CCc2ccccc21. The first kappa shape index (κ1) is 12.2. The lowest BCUT2D eigenvalue weighted by atomic mass is 10.2. The average Bonchev–Trinajstić information content (AvgIpc) is 3.10. The summed E-state index contributed by atoms with van der Waals surface area (Å²) < 4.78 is 0. The Labute approximate surface area is 123 Å². The maximum atomic E-state index is 12.6. The topological polar surface area (TPSA) is 36.1 Å². The second kappa shape index (κ2) is 4.77. The summed E-state index contributed by atoms with van der Waals surface area (Å²) in [5.74, 6) is 0.159. The van der Waals surface area contributed by atoms with Crippen molar-refractivity contribution in [2.24, 2.45) is 0 Å². The number of amides is 1. The highest BCUT2D eigenvalue weighted by Crippen LogP contribution is 2.28. The highest BCUT2D eigenvalue weighted by atomic mass is 16.2. The Bertz CT molecular complexity index is 786. The van der Waals surface area contributed by atoms with Crippen LogP contribution in [0.15, 0.2) is 54.6 Å². The van der Waals surface area contributed by atoms with Gasteiger partial charge in [-0.1, -0.05) is 36.4 Å². The largest absolute Gasteiger partial charge is 0.358 e. The van der Waals surface area contributed by atoms with Gasteiger partial charge >= 0.3 is 0 Å².